The molecule has 0 radical (unpaired) electrons. The topological polar surface area (TPSA) is 37.3 Å². The number of fused-ring (bicyclic) bond motifs is 1. The van der Waals surface area contributed by atoms with Crippen LogP contribution >= 0.6 is 0 Å². The molecule has 5 rings (SSSR count). The smallest absolute Gasteiger partial charge is 0.331 e. The van der Waals surface area contributed by atoms with Gasteiger partial charge in [-0.15, -0.1) is 0 Å². The van der Waals surface area contributed by atoms with Gasteiger partial charge in [-0.2, -0.15) is 8.78 Å². The summed E-state index contributed by atoms with van der Waals surface area (Å²) in [5.74, 6) is -4.06. The second kappa shape index (κ2) is 9.61. The minimum atomic E-state index is -4.06. The normalized spacial score (nSPS) is 12.9. The van der Waals surface area contributed by atoms with Gasteiger partial charge in [0.2, 0.25) is 8.07 Å². The fourth-order valence-corrected chi connectivity index (χ4v) is 9.52. The fourth-order valence-electron chi connectivity index (χ4n) is 5.02. The third-order valence-corrected chi connectivity index (χ3v) is 11.3. The molecule has 0 heterocycles. The van der Waals surface area contributed by atoms with Crippen LogP contribution < -0.4 is 15.6 Å². The van der Waals surface area contributed by atoms with Crippen molar-refractivity contribution in [3.05, 3.63) is 139 Å². The molecule has 1 unspecified atom stereocenters. The Balaban J connectivity index is 1.76. The van der Waals surface area contributed by atoms with Gasteiger partial charge in [-0.05, 0) is 31.9 Å². The monoisotopic (exact) mass is 494 g/mol. The molecule has 2 nitrogen and oxygen atoms in total. The quantitative estimate of drug-likeness (QED) is 0.261. The lowest BCUT2D eigenvalue weighted by Crippen LogP contribution is -2.76. The van der Waals surface area contributed by atoms with Crippen molar-refractivity contribution in [2.75, 3.05) is 0 Å². The zero-order valence-electron chi connectivity index (χ0n) is 19.4. The van der Waals surface area contributed by atoms with Gasteiger partial charge in [-0.25, -0.2) is 0 Å². The molecule has 5 heteroatoms. The van der Waals surface area contributed by atoms with Gasteiger partial charge in [0.05, 0.1) is 0 Å². The zero-order chi connectivity index (χ0) is 25.2. The molecule has 0 aliphatic heterocycles. The van der Waals surface area contributed by atoms with Gasteiger partial charge in [0.25, 0.3) is 0 Å². The maximum absolute atomic E-state index is 16.4. The minimum absolute atomic E-state index is 0.0311. The first-order chi connectivity index (χ1) is 17.5. The Morgan fingerprint density at radius 1 is 0.611 bits per heavy atom. The summed E-state index contributed by atoms with van der Waals surface area (Å²) in [4.78, 5) is 14.4. The molecule has 0 fully saturated rings. The number of benzene rings is 5. The van der Waals surface area contributed by atoms with Crippen LogP contribution in [0.3, 0.4) is 0 Å². The minimum Gasteiger partial charge on any atom is -0.382 e. The number of aliphatic hydroxyl groups excluding tert-OH is 1. The van der Waals surface area contributed by atoms with Crippen molar-refractivity contribution in [3.8, 4) is 0 Å². The van der Waals surface area contributed by atoms with Crippen molar-refractivity contribution in [2.24, 2.45) is 0 Å². The molecule has 0 aliphatic rings. The summed E-state index contributed by atoms with van der Waals surface area (Å²) in [5.41, 5.74) is 0.0311. The average Bonchev–Trinajstić information content (AvgIpc) is 2.94. The Labute approximate surface area is 209 Å². The summed E-state index contributed by atoms with van der Waals surface area (Å²) in [6.45, 7) is 0. The van der Waals surface area contributed by atoms with Crippen molar-refractivity contribution in [1.82, 2.24) is 0 Å². The van der Waals surface area contributed by atoms with Crippen LogP contribution in [-0.2, 0) is 4.79 Å². The molecule has 0 amide bonds. The molecule has 5 aromatic rings. The fraction of sp³-hybridized carbons (Fsp3) is 0.0645. The number of rotatable bonds is 7. The molecular weight excluding hydrogens is 470 g/mol. The molecule has 0 aliphatic carbocycles. The largest absolute Gasteiger partial charge is 0.382 e. The Kier molecular flexibility index (Phi) is 6.35. The third kappa shape index (κ3) is 3.87. The summed E-state index contributed by atoms with van der Waals surface area (Å²) < 4.78 is 32.8. The van der Waals surface area contributed by atoms with E-state index in [0.29, 0.717) is 20.9 Å². The standard InChI is InChI=1S/C31H24F2O2Si/c32-31(33,29(34)28-22-12-14-23-13-10-11-21-27(23)28)30(35)36(24-15-4-1-5-16-24,25-17-6-2-7-18-25)26-19-8-3-9-20-26/h1-22,29,34H. The van der Waals surface area contributed by atoms with Crippen LogP contribution in [0.15, 0.2) is 133 Å². The number of carbonyl (C=O) groups is 1. The van der Waals surface area contributed by atoms with Crippen LogP contribution in [-0.4, -0.2) is 24.5 Å². The zero-order valence-corrected chi connectivity index (χ0v) is 20.4. The van der Waals surface area contributed by atoms with Gasteiger partial charge in [0.1, 0.15) is 0 Å². The molecule has 178 valence electrons. The Bertz CT molecular complexity index is 1390. The van der Waals surface area contributed by atoms with Crippen LogP contribution in [0.25, 0.3) is 10.8 Å². The van der Waals surface area contributed by atoms with E-state index in [1.807, 2.05) is 0 Å². The van der Waals surface area contributed by atoms with Gasteiger partial charge in [0, 0.05) is 0 Å². The predicted octanol–water partition coefficient (Wildman–Crippen LogP) is 4.79. The highest BCUT2D eigenvalue weighted by Gasteiger charge is 2.60. The van der Waals surface area contributed by atoms with E-state index in [1.165, 1.54) is 6.07 Å². The van der Waals surface area contributed by atoms with E-state index in [4.69, 9.17) is 0 Å². The van der Waals surface area contributed by atoms with Crippen molar-refractivity contribution in [1.29, 1.82) is 0 Å². The number of alkyl halides is 2. The van der Waals surface area contributed by atoms with E-state index in [9.17, 15) is 9.90 Å². The third-order valence-electron chi connectivity index (χ3n) is 6.73. The van der Waals surface area contributed by atoms with E-state index in [-0.39, 0.29) is 5.56 Å². The molecule has 0 saturated carbocycles. The lowest BCUT2D eigenvalue weighted by molar-refractivity contribution is -0.153. The van der Waals surface area contributed by atoms with Gasteiger partial charge in [-0.3, -0.25) is 4.79 Å². The van der Waals surface area contributed by atoms with Crippen LogP contribution in [0, 0.1) is 0 Å². The first kappa shape index (κ1) is 23.8. The van der Waals surface area contributed by atoms with Crippen LogP contribution in [0.2, 0.25) is 0 Å². The van der Waals surface area contributed by atoms with Crippen molar-refractivity contribution >= 4 is 39.8 Å². The molecular formula is C31H24F2O2Si. The number of hydrogen-bond donors (Lipinski definition) is 1. The summed E-state index contributed by atoms with van der Waals surface area (Å²) in [7, 11) is -3.97. The Morgan fingerprint density at radius 3 is 1.53 bits per heavy atom. The lowest BCUT2D eigenvalue weighted by atomic mass is 9.97. The molecule has 5 aromatic carbocycles. The summed E-state index contributed by atoms with van der Waals surface area (Å²) >= 11 is 0. The van der Waals surface area contributed by atoms with Gasteiger partial charge in [0.15, 0.2) is 11.5 Å². The number of aliphatic hydroxyl groups is 1. The molecule has 0 saturated heterocycles. The average molecular weight is 495 g/mol. The highest BCUT2D eigenvalue weighted by molar-refractivity contribution is 7.30. The number of carbonyl (C=O) groups excluding carboxylic acids is 1. The second-order valence-corrected chi connectivity index (χ2v) is 12.5. The van der Waals surface area contributed by atoms with E-state index < -0.39 is 25.5 Å². The van der Waals surface area contributed by atoms with E-state index in [0.717, 1.165) is 5.39 Å². The molecule has 1 atom stereocenters. The van der Waals surface area contributed by atoms with E-state index >= 15 is 8.78 Å². The highest BCUT2D eigenvalue weighted by atomic mass is 28.3. The molecule has 1 N–H and O–H groups in total. The van der Waals surface area contributed by atoms with E-state index in [2.05, 4.69) is 0 Å². The SMILES string of the molecule is O=C(C(F)(F)C(O)c1cccc2ccccc12)[Si](c1ccccc1)(c1ccccc1)c1ccccc1. The van der Waals surface area contributed by atoms with Crippen LogP contribution in [0.5, 0.6) is 0 Å². The Morgan fingerprint density at radius 2 is 1.03 bits per heavy atom. The number of halogens is 2. The van der Waals surface area contributed by atoms with Gasteiger partial charge in [-0.1, -0.05) is 133 Å². The van der Waals surface area contributed by atoms with Gasteiger partial charge < -0.3 is 5.11 Å². The molecule has 36 heavy (non-hydrogen) atoms. The Hall–Kier alpha value is -3.93. The van der Waals surface area contributed by atoms with E-state index in [1.54, 1.807) is 127 Å². The molecule has 0 bridgehead atoms. The maximum atomic E-state index is 16.4. The lowest BCUT2D eigenvalue weighted by Gasteiger charge is -2.36. The van der Waals surface area contributed by atoms with Crippen molar-refractivity contribution < 1.29 is 18.7 Å². The number of hydrogen-bond acceptors (Lipinski definition) is 2. The first-order valence-electron chi connectivity index (χ1n) is 11.7. The highest BCUT2D eigenvalue weighted by Crippen LogP contribution is 2.38. The van der Waals surface area contributed by atoms with Crippen LogP contribution in [0.4, 0.5) is 8.78 Å². The molecule has 0 aromatic heterocycles. The van der Waals surface area contributed by atoms with Crippen LogP contribution in [0.1, 0.15) is 11.7 Å². The first-order valence-corrected chi connectivity index (χ1v) is 13.7. The summed E-state index contributed by atoms with van der Waals surface area (Å²) in [6.07, 6.45) is -2.31. The van der Waals surface area contributed by atoms with Gasteiger partial charge >= 0.3 is 5.92 Å². The molecule has 0 spiro atoms. The summed E-state index contributed by atoms with van der Waals surface area (Å²) in [6, 6.07) is 38.3. The maximum Gasteiger partial charge on any atom is 0.331 e. The van der Waals surface area contributed by atoms with Crippen molar-refractivity contribution in [2.45, 2.75) is 12.0 Å². The van der Waals surface area contributed by atoms with Crippen molar-refractivity contribution in [3.63, 3.8) is 0 Å². The summed E-state index contributed by atoms with van der Waals surface area (Å²) in [5, 5.41) is 12.7. The predicted molar refractivity (Wildman–Crippen MR) is 143 cm³/mol. The second-order valence-electron chi connectivity index (χ2n) is 8.77.